The van der Waals surface area contributed by atoms with Crippen LogP contribution in [0.4, 0.5) is 5.69 Å². The van der Waals surface area contributed by atoms with Gasteiger partial charge in [-0.1, -0.05) is 18.2 Å². The zero-order chi connectivity index (χ0) is 13.2. The fraction of sp³-hybridized carbons (Fsp3) is 0.200. The number of aryl methyl sites for hydroxylation is 1. The lowest BCUT2D eigenvalue weighted by atomic mass is 10.2. The number of pyridine rings is 1. The maximum atomic E-state index is 4.53. The monoisotopic (exact) mass is 269 g/mol. The Morgan fingerprint density at radius 2 is 2.05 bits per heavy atom. The molecule has 2 heterocycles. The molecular formula is C15H15N3S. The molecule has 0 spiro atoms. The summed E-state index contributed by atoms with van der Waals surface area (Å²) in [5.41, 5.74) is 3.19. The summed E-state index contributed by atoms with van der Waals surface area (Å²) in [5.74, 6) is 0. The topological polar surface area (TPSA) is 37.8 Å². The van der Waals surface area contributed by atoms with Crippen molar-refractivity contribution in [3.8, 4) is 0 Å². The molecule has 1 atom stereocenters. The first-order chi connectivity index (χ1) is 9.24. The minimum Gasteiger partial charge on any atom is -0.375 e. The van der Waals surface area contributed by atoms with Crippen LogP contribution in [0.5, 0.6) is 0 Å². The zero-order valence-corrected chi connectivity index (χ0v) is 11.7. The molecular weight excluding hydrogens is 254 g/mol. The van der Waals surface area contributed by atoms with Crippen molar-refractivity contribution in [3.05, 3.63) is 52.6 Å². The first-order valence-corrected chi connectivity index (χ1v) is 7.14. The summed E-state index contributed by atoms with van der Waals surface area (Å²) < 4.78 is 0. The van der Waals surface area contributed by atoms with Crippen LogP contribution in [0.25, 0.3) is 10.9 Å². The highest BCUT2D eigenvalue weighted by molar-refractivity contribution is 7.09. The predicted octanol–water partition coefficient (Wildman–Crippen LogP) is 4.17. The molecule has 3 aromatic rings. The molecule has 0 amide bonds. The Balaban J connectivity index is 1.93. The Morgan fingerprint density at radius 3 is 2.84 bits per heavy atom. The summed E-state index contributed by atoms with van der Waals surface area (Å²) in [6.07, 6.45) is 1.84. The van der Waals surface area contributed by atoms with Gasteiger partial charge in [-0.3, -0.25) is 4.98 Å². The summed E-state index contributed by atoms with van der Waals surface area (Å²) >= 11 is 1.69. The number of benzene rings is 1. The predicted molar refractivity (Wildman–Crippen MR) is 80.6 cm³/mol. The largest absolute Gasteiger partial charge is 0.375 e. The number of rotatable bonds is 3. The Kier molecular flexibility index (Phi) is 3.17. The van der Waals surface area contributed by atoms with Crippen LogP contribution in [0, 0.1) is 6.92 Å². The number of thiazole rings is 1. The smallest absolute Gasteiger partial charge is 0.115 e. The van der Waals surface area contributed by atoms with E-state index in [1.54, 1.807) is 11.3 Å². The molecule has 0 aliphatic heterocycles. The van der Waals surface area contributed by atoms with Crippen molar-refractivity contribution in [2.45, 2.75) is 19.9 Å². The molecule has 0 saturated heterocycles. The van der Waals surface area contributed by atoms with E-state index < -0.39 is 0 Å². The maximum Gasteiger partial charge on any atom is 0.115 e. The van der Waals surface area contributed by atoms with Crippen LogP contribution in [-0.2, 0) is 0 Å². The highest BCUT2D eigenvalue weighted by Crippen LogP contribution is 2.26. The minimum absolute atomic E-state index is 0.199. The number of fused-ring (bicyclic) bond motifs is 1. The molecule has 1 aromatic carbocycles. The van der Waals surface area contributed by atoms with Gasteiger partial charge in [0.2, 0.25) is 0 Å². The van der Waals surface area contributed by atoms with Crippen molar-refractivity contribution in [1.29, 1.82) is 0 Å². The van der Waals surface area contributed by atoms with Crippen LogP contribution in [0.3, 0.4) is 0 Å². The van der Waals surface area contributed by atoms with Crippen LogP contribution in [0.1, 0.15) is 23.7 Å². The van der Waals surface area contributed by atoms with Crippen molar-refractivity contribution in [2.24, 2.45) is 0 Å². The Bertz CT molecular complexity index is 700. The van der Waals surface area contributed by atoms with E-state index >= 15 is 0 Å². The first kappa shape index (κ1) is 12.1. The van der Waals surface area contributed by atoms with Crippen molar-refractivity contribution >= 4 is 27.9 Å². The van der Waals surface area contributed by atoms with Gasteiger partial charge in [0.1, 0.15) is 5.01 Å². The summed E-state index contributed by atoms with van der Waals surface area (Å²) in [6, 6.07) is 10.4. The lowest BCUT2D eigenvalue weighted by Gasteiger charge is -2.14. The standard InChI is InChI=1S/C15H15N3S/c1-10-9-19-15(17-10)11(2)18-14-7-8-16-13-6-4-3-5-12(13)14/h3-9,11H,1-2H3,(H,16,18). The SMILES string of the molecule is Cc1csc(C(C)Nc2ccnc3ccccc23)n1. The van der Waals surface area contributed by atoms with E-state index in [1.807, 2.05) is 37.4 Å². The summed E-state index contributed by atoms with van der Waals surface area (Å²) in [4.78, 5) is 8.90. The van der Waals surface area contributed by atoms with Crippen molar-refractivity contribution in [2.75, 3.05) is 5.32 Å². The van der Waals surface area contributed by atoms with Crippen LogP contribution in [0.15, 0.2) is 41.9 Å². The van der Waals surface area contributed by atoms with E-state index in [1.165, 1.54) is 0 Å². The van der Waals surface area contributed by atoms with Crippen LogP contribution in [-0.4, -0.2) is 9.97 Å². The molecule has 3 rings (SSSR count). The van der Waals surface area contributed by atoms with Gasteiger partial charge in [-0.25, -0.2) is 4.98 Å². The van der Waals surface area contributed by atoms with Crippen molar-refractivity contribution < 1.29 is 0 Å². The number of aromatic nitrogens is 2. The zero-order valence-electron chi connectivity index (χ0n) is 10.9. The molecule has 0 bridgehead atoms. The highest BCUT2D eigenvalue weighted by Gasteiger charge is 2.10. The first-order valence-electron chi connectivity index (χ1n) is 6.26. The van der Waals surface area contributed by atoms with E-state index in [0.717, 1.165) is 27.3 Å². The van der Waals surface area contributed by atoms with Gasteiger partial charge in [0.05, 0.1) is 11.6 Å². The number of hydrogen-bond donors (Lipinski definition) is 1. The second-order valence-electron chi connectivity index (χ2n) is 4.57. The van der Waals surface area contributed by atoms with Gasteiger partial charge in [0, 0.05) is 28.3 Å². The second-order valence-corrected chi connectivity index (χ2v) is 5.46. The molecule has 1 N–H and O–H groups in total. The normalized spacial score (nSPS) is 12.5. The molecule has 0 aliphatic carbocycles. The summed E-state index contributed by atoms with van der Waals surface area (Å²) in [5, 5.41) is 7.86. The molecule has 96 valence electrons. The van der Waals surface area contributed by atoms with E-state index in [4.69, 9.17) is 0 Å². The van der Waals surface area contributed by atoms with Crippen LogP contribution < -0.4 is 5.32 Å². The molecule has 4 heteroatoms. The van der Waals surface area contributed by atoms with Crippen LogP contribution in [0.2, 0.25) is 0 Å². The molecule has 3 nitrogen and oxygen atoms in total. The van der Waals surface area contributed by atoms with Gasteiger partial charge in [-0.15, -0.1) is 11.3 Å². The average Bonchev–Trinajstić information content (AvgIpc) is 2.86. The van der Waals surface area contributed by atoms with Crippen molar-refractivity contribution in [3.63, 3.8) is 0 Å². The molecule has 0 aliphatic rings. The quantitative estimate of drug-likeness (QED) is 0.775. The number of hydrogen-bond acceptors (Lipinski definition) is 4. The highest BCUT2D eigenvalue weighted by atomic mass is 32.1. The Labute approximate surface area is 116 Å². The minimum atomic E-state index is 0.199. The van der Waals surface area contributed by atoms with Gasteiger partial charge in [0.15, 0.2) is 0 Å². The van der Waals surface area contributed by atoms with Crippen molar-refractivity contribution in [1.82, 2.24) is 9.97 Å². The number of para-hydroxylation sites is 1. The van der Waals surface area contributed by atoms with Gasteiger partial charge < -0.3 is 5.32 Å². The molecule has 0 radical (unpaired) electrons. The van der Waals surface area contributed by atoms with Gasteiger partial charge in [-0.2, -0.15) is 0 Å². The van der Waals surface area contributed by atoms with E-state index in [-0.39, 0.29) is 6.04 Å². The third-order valence-electron chi connectivity index (χ3n) is 3.03. The fourth-order valence-electron chi connectivity index (χ4n) is 2.09. The van der Waals surface area contributed by atoms with E-state index in [0.29, 0.717) is 0 Å². The van der Waals surface area contributed by atoms with Crippen LogP contribution >= 0.6 is 11.3 Å². The third kappa shape index (κ3) is 2.44. The Morgan fingerprint density at radius 1 is 1.21 bits per heavy atom. The molecule has 1 unspecified atom stereocenters. The second kappa shape index (κ2) is 4.97. The fourth-order valence-corrected chi connectivity index (χ4v) is 2.89. The summed E-state index contributed by atoms with van der Waals surface area (Å²) in [6.45, 7) is 4.15. The van der Waals surface area contributed by atoms with E-state index in [2.05, 4.69) is 33.7 Å². The van der Waals surface area contributed by atoms with Gasteiger partial charge in [-0.05, 0) is 26.0 Å². The maximum absolute atomic E-state index is 4.53. The number of nitrogens with zero attached hydrogens (tertiary/aromatic N) is 2. The molecule has 0 saturated carbocycles. The lowest BCUT2D eigenvalue weighted by molar-refractivity contribution is 0.865. The number of anilines is 1. The Hall–Kier alpha value is -1.94. The molecule has 2 aromatic heterocycles. The van der Waals surface area contributed by atoms with Gasteiger partial charge in [0.25, 0.3) is 0 Å². The third-order valence-corrected chi connectivity index (χ3v) is 4.17. The average molecular weight is 269 g/mol. The molecule has 0 fully saturated rings. The summed E-state index contributed by atoms with van der Waals surface area (Å²) in [7, 11) is 0. The van der Waals surface area contributed by atoms with Gasteiger partial charge >= 0.3 is 0 Å². The lowest BCUT2D eigenvalue weighted by Crippen LogP contribution is -2.06. The van der Waals surface area contributed by atoms with E-state index in [9.17, 15) is 0 Å². The molecule has 19 heavy (non-hydrogen) atoms. The number of nitrogens with one attached hydrogen (secondary N) is 1.